The van der Waals surface area contributed by atoms with Crippen molar-refractivity contribution in [3.63, 3.8) is 0 Å². The molecule has 0 radical (unpaired) electrons. The minimum Gasteiger partial charge on any atom is -0.460 e. The summed E-state index contributed by atoms with van der Waals surface area (Å²) in [5.41, 5.74) is 1.19. The molecule has 2 bridgehead atoms. The quantitative estimate of drug-likeness (QED) is 0.409. The number of rotatable bonds is 4. The van der Waals surface area contributed by atoms with E-state index in [-0.39, 0.29) is 55.8 Å². The van der Waals surface area contributed by atoms with Crippen LogP contribution in [0.15, 0.2) is 77.0 Å². The summed E-state index contributed by atoms with van der Waals surface area (Å²) in [6.07, 6.45) is 6.99. The second-order valence-corrected chi connectivity index (χ2v) is 12.0. The van der Waals surface area contributed by atoms with E-state index in [1.165, 1.54) is 17.1 Å². The number of aromatic nitrogens is 1. The van der Waals surface area contributed by atoms with Crippen LogP contribution in [0, 0.1) is 11.8 Å². The molecule has 0 spiro atoms. The maximum atomic E-state index is 13.6. The van der Waals surface area contributed by atoms with E-state index in [9.17, 15) is 29.1 Å². The van der Waals surface area contributed by atoms with Crippen LogP contribution in [0.25, 0.3) is 0 Å². The lowest BCUT2D eigenvalue weighted by Crippen LogP contribution is -2.44. The molecule has 0 aliphatic carbocycles. The molecule has 3 N–H and O–H groups in total. The van der Waals surface area contributed by atoms with E-state index in [1.54, 1.807) is 63.3 Å². The number of carbonyl (C=O) groups is 5. The van der Waals surface area contributed by atoms with Crippen molar-refractivity contribution in [2.24, 2.45) is 11.8 Å². The molecule has 48 heavy (non-hydrogen) atoms. The number of Topliss-reactive ketones (excluding diaryl/α,β-unsaturated/α-hetero) is 1. The molecule has 3 amide bonds. The number of para-hydroxylation sites is 1. The average molecular weight is 663 g/mol. The van der Waals surface area contributed by atoms with Gasteiger partial charge in [-0.25, -0.2) is 14.6 Å². The van der Waals surface area contributed by atoms with Gasteiger partial charge in [0.1, 0.15) is 24.2 Å². The molecular formula is C35H42N4O9. The van der Waals surface area contributed by atoms with Gasteiger partial charge in [-0.05, 0) is 38.0 Å². The Morgan fingerprint density at radius 2 is 1.96 bits per heavy atom. The maximum absolute atomic E-state index is 13.6. The number of aliphatic hydroxyl groups excluding tert-OH is 1. The zero-order valence-corrected chi connectivity index (χ0v) is 27.3. The van der Waals surface area contributed by atoms with E-state index in [2.05, 4.69) is 15.6 Å². The highest BCUT2D eigenvalue weighted by molar-refractivity contribution is 5.95. The summed E-state index contributed by atoms with van der Waals surface area (Å²) in [6.45, 7) is 5.68. The molecule has 1 fully saturated rings. The van der Waals surface area contributed by atoms with Gasteiger partial charge in [-0.2, -0.15) is 0 Å². The molecule has 1 saturated heterocycles. The Kier molecular flexibility index (Phi) is 12.8. The average Bonchev–Trinajstić information content (AvgIpc) is 3.73. The largest absolute Gasteiger partial charge is 0.460 e. The Labute approximate surface area is 279 Å². The Bertz CT molecular complexity index is 1550. The summed E-state index contributed by atoms with van der Waals surface area (Å²) in [5, 5.41) is 15.7. The molecule has 1 aromatic carbocycles. The lowest BCUT2D eigenvalue weighted by atomic mass is 9.93. The number of nitrogens with zero attached hydrogens (tertiary/aromatic N) is 2. The molecule has 5 atom stereocenters. The fraction of sp³-hybridized carbons (Fsp3) is 0.429. The summed E-state index contributed by atoms with van der Waals surface area (Å²) in [4.78, 5) is 70.2. The third-order valence-electron chi connectivity index (χ3n) is 7.95. The van der Waals surface area contributed by atoms with Crippen LogP contribution in [0.2, 0.25) is 0 Å². The number of hydrogen-bond donors (Lipinski definition) is 3. The number of ether oxygens (including phenoxy) is 2. The van der Waals surface area contributed by atoms with Crippen molar-refractivity contribution in [3.05, 3.63) is 84.1 Å². The van der Waals surface area contributed by atoms with E-state index in [4.69, 9.17) is 13.9 Å². The van der Waals surface area contributed by atoms with Crippen molar-refractivity contribution >= 4 is 35.3 Å². The first-order valence-electron chi connectivity index (χ1n) is 16.0. The van der Waals surface area contributed by atoms with Crippen molar-refractivity contribution < 1.29 is 43.0 Å². The number of oxazole rings is 1. The van der Waals surface area contributed by atoms with E-state index in [0.29, 0.717) is 24.1 Å². The number of benzene rings is 1. The van der Waals surface area contributed by atoms with Gasteiger partial charge in [0.2, 0.25) is 11.8 Å². The van der Waals surface area contributed by atoms with Crippen LogP contribution in [0.3, 0.4) is 0 Å². The molecule has 13 nitrogen and oxygen atoms in total. The standard InChI is InChI=1S/C35H42N4O9/c1-22-9-7-15-36-30(42)14-13-23(2)32(24(3)20-47-35(45)37-25-10-5-4-6-11-25)48-34(44)29-12-8-16-39(29)33(43)28-21-46-31(38-28)19-27(41)18-26(40)17-22/h4-7,9-11,13-14,17,21,23-24,26,29,32,40H,8,12,15-16,18-20H2,1-3H3,(H,36,42)(H,37,45)/b9-7?,14-13+,22-17?. The second kappa shape index (κ2) is 17.2. The summed E-state index contributed by atoms with van der Waals surface area (Å²) in [6, 6.07) is 7.89. The summed E-state index contributed by atoms with van der Waals surface area (Å²) in [7, 11) is 0. The fourth-order valence-electron chi connectivity index (χ4n) is 5.53. The highest BCUT2D eigenvalue weighted by Gasteiger charge is 2.39. The van der Waals surface area contributed by atoms with E-state index < -0.39 is 48.1 Å². The molecule has 2 aliphatic rings. The number of esters is 1. The van der Waals surface area contributed by atoms with Crippen LogP contribution in [-0.2, 0) is 30.3 Å². The lowest BCUT2D eigenvalue weighted by molar-refractivity contribution is -0.159. The molecule has 13 heteroatoms. The number of nitrogens with one attached hydrogen (secondary N) is 2. The number of aliphatic hydroxyl groups is 1. The van der Waals surface area contributed by atoms with Gasteiger partial charge in [-0.1, -0.05) is 61.9 Å². The number of carbonyl (C=O) groups excluding carboxylic acids is 5. The first kappa shape index (κ1) is 35.8. The van der Waals surface area contributed by atoms with Crippen LogP contribution in [-0.4, -0.2) is 82.6 Å². The van der Waals surface area contributed by atoms with Gasteiger partial charge in [-0.3, -0.25) is 19.7 Å². The van der Waals surface area contributed by atoms with E-state index in [0.717, 1.165) is 6.26 Å². The predicted molar refractivity (Wildman–Crippen MR) is 175 cm³/mol. The molecule has 5 unspecified atom stereocenters. The third kappa shape index (κ3) is 10.5. The SMILES string of the molecule is CC1=CC(O)CC(=O)Cc2nc(co2)C(=O)N2CCCC2C(=O)OC(C(C)COC(=O)Nc2ccccc2)C(C)/C=C/C(=O)NCC=C1. The third-order valence-corrected chi connectivity index (χ3v) is 7.95. The van der Waals surface area contributed by atoms with Crippen LogP contribution in [0.1, 0.15) is 56.4 Å². The molecule has 256 valence electrons. The van der Waals surface area contributed by atoms with E-state index >= 15 is 0 Å². The minimum absolute atomic E-state index is 0.0226. The second-order valence-electron chi connectivity index (χ2n) is 12.0. The number of amides is 3. The Hall–Kier alpha value is -5.04. The number of ketones is 1. The fourth-order valence-corrected chi connectivity index (χ4v) is 5.53. The molecule has 4 rings (SSSR count). The van der Waals surface area contributed by atoms with Gasteiger partial charge in [0, 0.05) is 37.0 Å². The van der Waals surface area contributed by atoms with Gasteiger partial charge >= 0.3 is 12.1 Å². The van der Waals surface area contributed by atoms with Gasteiger partial charge in [0.25, 0.3) is 5.91 Å². The van der Waals surface area contributed by atoms with E-state index in [1.807, 2.05) is 6.07 Å². The number of hydrogen-bond acceptors (Lipinski definition) is 10. The zero-order chi connectivity index (χ0) is 34.6. The summed E-state index contributed by atoms with van der Waals surface area (Å²) < 4.78 is 16.8. The highest BCUT2D eigenvalue weighted by Crippen LogP contribution is 2.26. The van der Waals surface area contributed by atoms with Crippen molar-refractivity contribution in [3.8, 4) is 0 Å². The Balaban J connectivity index is 1.54. The number of cyclic esters (lactones) is 1. The van der Waals surface area contributed by atoms with Gasteiger partial charge in [-0.15, -0.1) is 0 Å². The first-order chi connectivity index (χ1) is 23.0. The predicted octanol–water partition coefficient (Wildman–Crippen LogP) is 3.76. The molecule has 1 aromatic heterocycles. The molecule has 2 aromatic rings. The maximum Gasteiger partial charge on any atom is 0.411 e. The van der Waals surface area contributed by atoms with Gasteiger partial charge in [0.05, 0.1) is 19.1 Å². The Morgan fingerprint density at radius 3 is 2.73 bits per heavy atom. The van der Waals surface area contributed by atoms with Crippen molar-refractivity contribution in [1.29, 1.82) is 0 Å². The monoisotopic (exact) mass is 662 g/mol. The topological polar surface area (TPSA) is 177 Å². The normalized spacial score (nSPS) is 24.5. The molecular weight excluding hydrogens is 620 g/mol. The number of anilines is 1. The van der Waals surface area contributed by atoms with Gasteiger partial charge < -0.3 is 29.2 Å². The van der Waals surface area contributed by atoms with Crippen molar-refractivity contribution in [1.82, 2.24) is 15.2 Å². The number of allylic oxidation sites excluding steroid dienone is 2. The van der Waals surface area contributed by atoms with Crippen LogP contribution >= 0.6 is 0 Å². The first-order valence-corrected chi connectivity index (χ1v) is 16.0. The van der Waals surface area contributed by atoms with Crippen molar-refractivity contribution in [2.75, 3.05) is 25.0 Å². The lowest BCUT2D eigenvalue weighted by Gasteiger charge is -2.30. The minimum atomic E-state index is -1.05. The smallest absolute Gasteiger partial charge is 0.411 e. The van der Waals surface area contributed by atoms with Crippen LogP contribution in [0.5, 0.6) is 0 Å². The molecule has 0 saturated carbocycles. The van der Waals surface area contributed by atoms with Gasteiger partial charge in [0.15, 0.2) is 5.69 Å². The van der Waals surface area contributed by atoms with Crippen molar-refractivity contribution in [2.45, 2.75) is 64.7 Å². The zero-order valence-electron chi connectivity index (χ0n) is 27.3. The van der Waals surface area contributed by atoms with Crippen LogP contribution < -0.4 is 10.6 Å². The summed E-state index contributed by atoms with van der Waals surface area (Å²) >= 11 is 0. The molecule has 3 heterocycles. The number of fused-ring (bicyclic) bond motifs is 3. The Morgan fingerprint density at radius 1 is 1.19 bits per heavy atom. The van der Waals surface area contributed by atoms with Crippen LogP contribution in [0.4, 0.5) is 10.5 Å². The highest BCUT2D eigenvalue weighted by atomic mass is 16.6. The summed E-state index contributed by atoms with van der Waals surface area (Å²) in [5.74, 6) is -2.87. The molecule has 2 aliphatic heterocycles.